The van der Waals surface area contributed by atoms with Crippen LogP contribution in [0.15, 0.2) is 0 Å². The van der Waals surface area contributed by atoms with E-state index in [1.54, 1.807) is 0 Å². The number of carboxylic acid groups (broad SMARTS) is 1. The summed E-state index contributed by atoms with van der Waals surface area (Å²) in [7, 11) is 0. The molecule has 0 bridgehead atoms. The first-order chi connectivity index (χ1) is 7.11. The molecule has 0 fully saturated rings. The largest absolute Gasteiger partial charge is 0.480 e. The second kappa shape index (κ2) is 9.12. The zero-order valence-electron chi connectivity index (χ0n) is 8.99. The van der Waals surface area contributed by atoms with E-state index < -0.39 is 12.0 Å². The Morgan fingerprint density at radius 3 is 2.47 bits per heavy atom. The number of halogens is 1. The highest BCUT2D eigenvalue weighted by atomic mass is 79.9. The van der Waals surface area contributed by atoms with Crippen molar-refractivity contribution in [2.24, 2.45) is 17.4 Å². The van der Waals surface area contributed by atoms with Gasteiger partial charge in [0.2, 0.25) is 0 Å². The summed E-state index contributed by atoms with van der Waals surface area (Å²) in [6, 6.07) is -0.745. The summed E-state index contributed by atoms with van der Waals surface area (Å²) in [6.45, 7) is 0.602. The lowest BCUT2D eigenvalue weighted by Gasteiger charge is -2.17. The Morgan fingerprint density at radius 1 is 1.33 bits per heavy atom. The van der Waals surface area contributed by atoms with Crippen LogP contribution in [0.5, 0.6) is 0 Å². The van der Waals surface area contributed by atoms with Crippen LogP contribution >= 0.6 is 15.9 Å². The molecule has 1 unspecified atom stereocenters. The van der Waals surface area contributed by atoms with Gasteiger partial charge in [-0.3, -0.25) is 4.79 Å². The molecule has 0 aromatic heterocycles. The van der Waals surface area contributed by atoms with Crippen molar-refractivity contribution >= 4 is 21.9 Å². The van der Waals surface area contributed by atoms with E-state index in [1.807, 2.05) is 0 Å². The van der Waals surface area contributed by atoms with E-state index >= 15 is 0 Å². The van der Waals surface area contributed by atoms with Gasteiger partial charge in [0.15, 0.2) is 0 Å². The van der Waals surface area contributed by atoms with Crippen LogP contribution in [0.3, 0.4) is 0 Å². The first-order valence-electron chi connectivity index (χ1n) is 5.36. The molecule has 0 spiro atoms. The fraction of sp³-hybridized carbons (Fsp3) is 0.900. The Labute approximate surface area is 99.5 Å². The molecule has 0 aromatic carbocycles. The van der Waals surface area contributed by atoms with E-state index in [-0.39, 0.29) is 0 Å². The maximum atomic E-state index is 10.6. The highest BCUT2D eigenvalue weighted by molar-refractivity contribution is 9.09. The Morgan fingerprint density at radius 2 is 2.00 bits per heavy atom. The predicted octanol–water partition coefficient (Wildman–Crippen LogP) is 1.32. The molecular formula is C10H21BrN2O2. The van der Waals surface area contributed by atoms with Crippen LogP contribution in [0.2, 0.25) is 0 Å². The van der Waals surface area contributed by atoms with E-state index in [0.29, 0.717) is 18.9 Å². The predicted molar refractivity (Wildman–Crippen MR) is 65.0 cm³/mol. The summed E-state index contributed by atoms with van der Waals surface area (Å²) in [6.07, 6.45) is 4.63. The lowest BCUT2D eigenvalue weighted by molar-refractivity contribution is -0.139. The molecule has 0 aliphatic carbocycles. The fourth-order valence-corrected chi connectivity index (χ4v) is 2.00. The van der Waals surface area contributed by atoms with Crippen LogP contribution in [-0.2, 0) is 4.79 Å². The highest BCUT2D eigenvalue weighted by Gasteiger charge is 2.17. The average molecular weight is 281 g/mol. The molecule has 5 heteroatoms. The third-order valence-electron chi connectivity index (χ3n) is 2.48. The SMILES string of the molecule is NCCC(CCCCBr)C[C@H](N)C(=O)O. The minimum Gasteiger partial charge on any atom is -0.480 e. The van der Waals surface area contributed by atoms with Crippen LogP contribution in [-0.4, -0.2) is 29.0 Å². The molecule has 0 radical (unpaired) electrons. The molecule has 0 saturated carbocycles. The number of aliphatic carboxylic acids is 1. The van der Waals surface area contributed by atoms with Crippen molar-refractivity contribution in [3.8, 4) is 0 Å². The molecule has 0 aliphatic rings. The van der Waals surface area contributed by atoms with Crippen LogP contribution in [0, 0.1) is 5.92 Å². The van der Waals surface area contributed by atoms with Crippen LogP contribution in [0.4, 0.5) is 0 Å². The molecule has 90 valence electrons. The normalized spacial score (nSPS) is 14.9. The van der Waals surface area contributed by atoms with Gasteiger partial charge in [-0.15, -0.1) is 0 Å². The van der Waals surface area contributed by atoms with Gasteiger partial charge >= 0.3 is 5.97 Å². The van der Waals surface area contributed by atoms with Crippen molar-refractivity contribution in [3.05, 3.63) is 0 Å². The molecular weight excluding hydrogens is 260 g/mol. The van der Waals surface area contributed by atoms with Gasteiger partial charge in [0, 0.05) is 5.33 Å². The molecule has 15 heavy (non-hydrogen) atoms. The van der Waals surface area contributed by atoms with Crippen molar-refractivity contribution in [1.82, 2.24) is 0 Å². The smallest absolute Gasteiger partial charge is 0.320 e. The minimum atomic E-state index is -0.919. The number of nitrogens with two attached hydrogens (primary N) is 2. The summed E-state index contributed by atoms with van der Waals surface area (Å²) < 4.78 is 0. The summed E-state index contributed by atoms with van der Waals surface area (Å²) in [5.74, 6) is -0.572. The number of hydrogen-bond acceptors (Lipinski definition) is 3. The number of rotatable bonds is 9. The number of alkyl halides is 1. The quantitative estimate of drug-likeness (QED) is 0.439. The maximum Gasteiger partial charge on any atom is 0.320 e. The highest BCUT2D eigenvalue weighted by Crippen LogP contribution is 2.18. The first kappa shape index (κ1) is 14.9. The van der Waals surface area contributed by atoms with Crippen molar-refractivity contribution < 1.29 is 9.90 Å². The molecule has 5 N–H and O–H groups in total. The fourth-order valence-electron chi connectivity index (χ4n) is 1.60. The molecule has 0 aromatic rings. The first-order valence-corrected chi connectivity index (χ1v) is 6.48. The Bertz CT molecular complexity index is 179. The summed E-state index contributed by atoms with van der Waals surface area (Å²) in [5.41, 5.74) is 11.0. The third-order valence-corrected chi connectivity index (χ3v) is 3.04. The van der Waals surface area contributed by atoms with E-state index in [9.17, 15) is 4.79 Å². The topological polar surface area (TPSA) is 89.3 Å². The van der Waals surface area contributed by atoms with Gasteiger partial charge in [0.1, 0.15) is 6.04 Å². The molecule has 0 amide bonds. The van der Waals surface area contributed by atoms with Crippen LogP contribution in [0.1, 0.15) is 32.1 Å². The maximum absolute atomic E-state index is 10.6. The summed E-state index contributed by atoms with van der Waals surface area (Å²) in [5, 5.41) is 9.70. The van der Waals surface area contributed by atoms with E-state index in [0.717, 1.165) is 31.0 Å². The monoisotopic (exact) mass is 280 g/mol. The van der Waals surface area contributed by atoms with E-state index in [4.69, 9.17) is 16.6 Å². The number of hydrogen-bond donors (Lipinski definition) is 3. The summed E-state index contributed by atoms with van der Waals surface area (Å²) >= 11 is 3.37. The Balaban J connectivity index is 3.86. The molecule has 0 aliphatic heterocycles. The van der Waals surface area contributed by atoms with Crippen molar-refractivity contribution in [1.29, 1.82) is 0 Å². The second-order valence-corrected chi connectivity index (χ2v) is 4.60. The van der Waals surface area contributed by atoms with Crippen LogP contribution in [0.25, 0.3) is 0 Å². The Kier molecular flexibility index (Phi) is 9.04. The molecule has 4 nitrogen and oxygen atoms in total. The van der Waals surface area contributed by atoms with Gasteiger partial charge < -0.3 is 16.6 Å². The minimum absolute atomic E-state index is 0.347. The lowest BCUT2D eigenvalue weighted by Crippen LogP contribution is -2.32. The molecule has 0 rings (SSSR count). The number of carbonyl (C=O) groups is 1. The molecule has 2 atom stereocenters. The average Bonchev–Trinajstić information content (AvgIpc) is 2.18. The van der Waals surface area contributed by atoms with Crippen molar-refractivity contribution in [3.63, 3.8) is 0 Å². The van der Waals surface area contributed by atoms with Crippen molar-refractivity contribution in [2.45, 2.75) is 38.1 Å². The zero-order chi connectivity index (χ0) is 11.7. The van der Waals surface area contributed by atoms with Gasteiger partial charge in [-0.2, -0.15) is 0 Å². The van der Waals surface area contributed by atoms with Crippen molar-refractivity contribution in [2.75, 3.05) is 11.9 Å². The second-order valence-electron chi connectivity index (χ2n) is 3.81. The standard InChI is InChI=1S/C10H21BrN2O2/c11-5-2-1-3-8(4-6-12)7-9(13)10(14)15/h8-9H,1-7,12-13H2,(H,14,15)/t8?,9-/m0/s1. The van der Waals surface area contributed by atoms with E-state index in [2.05, 4.69) is 15.9 Å². The van der Waals surface area contributed by atoms with Gasteiger partial charge in [0.05, 0.1) is 0 Å². The number of carboxylic acids is 1. The van der Waals surface area contributed by atoms with Crippen LogP contribution < -0.4 is 11.5 Å². The third kappa shape index (κ3) is 7.76. The van der Waals surface area contributed by atoms with Gasteiger partial charge in [-0.05, 0) is 31.7 Å². The summed E-state index contributed by atoms with van der Waals surface area (Å²) in [4.78, 5) is 10.6. The van der Waals surface area contributed by atoms with Gasteiger partial charge in [-0.25, -0.2) is 0 Å². The number of unbranched alkanes of at least 4 members (excludes halogenated alkanes) is 1. The lowest BCUT2D eigenvalue weighted by atomic mass is 9.92. The van der Waals surface area contributed by atoms with E-state index in [1.165, 1.54) is 0 Å². The Hall–Kier alpha value is -0.130. The zero-order valence-corrected chi connectivity index (χ0v) is 10.6. The van der Waals surface area contributed by atoms with Gasteiger partial charge in [0.25, 0.3) is 0 Å². The molecule has 0 saturated heterocycles. The molecule has 0 heterocycles. The van der Waals surface area contributed by atoms with Gasteiger partial charge in [-0.1, -0.05) is 28.8 Å².